The molecule has 2 heterocycles. The minimum absolute atomic E-state index is 0.156. The van der Waals surface area contributed by atoms with Gasteiger partial charge in [0.25, 0.3) is 0 Å². The molecule has 0 saturated heterocycles. The Morgan fingerprint density at radius 2 is 1.76 bits per heavy atom. The average molecular weight is 407 g/mol. The molecule has 0 atom stereocenters. The molecule has 29 heavy (non-hydrogen) atoms. The molecule has 0 radical (unpaired) electrons. The number of aliphatic hydroxyl groups is 1. The van der Waals surface area contributed by atoms with Crippen LogP contribution in [0, 0.1) is 0 Å². The number of aryl methyl sites for hydroxylation is 2. The third-order valence-electron chi connectivity index (χ3n) is 4.40. The van der Waals surface area contributed by atoms with Crippen molar-refractivity contribution in [2.45, 2.75) is 31.9 Å². The van der Waals surface area contributed by atoms with Crippen LogP contribution in [-0.4, -0.2) is 30.8 Å². The van der Waals surface area contributed by atoms with Crippen LogP contribution in [0.4, 0.5) is 13.2 Å². The maximum Gasteiger partial charge on any atom is 0.416 e. The fraction of sp³-hybridized carbons (Fsp3) is 0.263. The summed E-state index contributed by atoms with van der Waals surface area (Å²) in [4.78, 5) is 27.2. The summed E-state index contributed by atoms with van der Waals surface area (Å²) in [6, 6.07) is 6.03. The van der Waals surface area contributed by atoms with Crippen molar-refractivity contribution in [3.8, 4) is 0 Å². The molecule has 0 aliphatic rings. The number of aliphatic hydroxyl groups excluding tert-OH is 1. The van der Waals surface area contributed by atoms with Gasteiger partial charge < -0.3 is 10.2 Å². The number of carboxylic acid groups (broad SMARTS) is 1. The van der Waals surface area contributed by atoms with E-state index in [0.29, 0.717) is 29.6 Å². The van der Waals surface area contributed by atoms with Crippen molar-refractivity contribution in [2.24, 2.45) is 0 Å². The lowest BCUT2D eigenvalue weighted by Gasteiger charge is -2.08. The normalized spacial score (nSPS) is 12.9. The maximum absolute atomic E-state index is 12.6. The summed E-state index contributed by atoms with van der Waals surface area (Å²) in [5.41, 5.74) is 0.201. The molecule has 0 aliphatic heterocycles. The molecule has 0 unspecified atom stereocenters. The van der Waals surface area contributed by atoms with Crippen molar-refractivity contribution in [1.29, 1.82) is 0 Å². The van der Waals surface area contributed by atoms with Crippen LogP contribution in [0.1, 0.15) is 29.5 Å². The molecule has 1 aromatic carbocycles. The fourth-order valence-electron chi connectivity index (χ4n) is 2.95. The summed E-state index contributed by atoms with van der Waals surface area (Å²) in [5.74, 6) is -1.52. The Morgan fingerprint density at radius 1 is 1.07 bits per heavy atom. The molecule has 7 nitrogen and oxygen atoms in total. The molecule has 3 aromatic rings. The topological polar surface area (TPSA) is 105 Å². The van der Waals surface area contributed by atoms with Crippen molar-refractivity contribution in [1.82, 2.24) is 14.6 Å². The van der Waals surface area contributed by atoms with E-state index in [1.165, 1.54) is 24.5 Å². The zero-order valence-corrected chi connectivity index (χ0v) is 15.0. The molecule has 0 bridgehead atoms. The highest BCUT2D eigenvalue weighted by molar-refractivity contribution is 5.68. The number of alkyl halides is 3. The van der Waals surface area contributed by atoms with Crippen LogP contribution in [-0.2, 0) is 23.8 Å². The molecule has 3 rings (SSSR count). The van der Waals surface area contributed by atoms with E-state index in [9.17, 15) is 27.9 Å². The van der Waals surface area contributed by atoms with Crippen LogP contribution in [0.3, 0.4) is 0 Å². The molecule has 10 heteroatoms. The van der Waals surface area contributed by atoms with Gasteiger partial charge in [0, 0.05) is 12.0 Å². The first-order valence-corrected chi connectivity index (χ1v) is 8.62. The van der Waals surface area contributed by atoms with Gasteiger partial charge in [-0.25, -0.2) is 9.50 Å². The second-order valence-electron chi connectivity index (χ2n) is 6.41. The molecule has 2 N–H and O–H groups in total. The average Bonchev–Trinajstić information content (AvgIpc) is 3.13. The van der Waals surface area contributed by atoms with Gasteiger partial charge >= 0.3 is 12.1 Å². The third kappa shape index (κ3) is 4.53. The highest BCUT2D eigenvalue weighted by Gasteiger charge is 2.29. The number of nitrogens with zero attached hydrogens (tertiary/aromatic N) is 3. The monoisotopic (exact) mass is 407 g/mol. The second-order valence-corrected chi connectivity index (χ2v) is 6.41. The summed E-state index contributed by atoms with van der Waals surface area (Å²) in [6.07, 6.45) is -3.10. The maximum atomic E-state index is 12.6. The standard InChI is InChI=1S/C19H16F3N3O4/c20-19(21,22)13-5-2-11(3-6-13)1-4-12-9-15(27)17(14(26)7-8-16(28)29)25-18(12)23-10-24-25/h2-3,5-6,9-10,26H,1,4,7-8H2,(H,28,29). The van der Waals surface area contributed by atoms with Gasteiger partial charge in [0.15, 0.2) is 11.0 Å². The molecule has 0 spiro atoms. The number of rotatable bonds is 6. The quantitative estimate of drug-likeness (QED) is 0.649. The Morgan fingerprint density at radius 3 is 2.38 bits per heavy atom. The molecule has 0 amide bonds. The highest BCUT2D eigenvalue weighted by atomic mass is 19.4. The van der Waals surface area contributed by atoms with E-state index in [0.717, 1.165) is 16.6 Å². The third-order valence-corrected chi connectivity index (χ3v) is 4.40. The number of aliphatic carboxylic acids is 1. The van der Waals surface area contributed by atoms with E-state index < -0.39 is 28.9 Å². The van der Waals surface area contributed by atoms with Crippen LogP contribution in [0.5, 0.6) is 0 Å². The Bertz CT molecular complexity index is 1150. The van der Waals surface area contributed by atoms with Gasteiger partial charge in [-0.15, -0.1) is 0 Å². The minimum Gasteiger partial charge on any atom is -0.510 e. The summed E-state index contributed by atoms with van der Waals surface area (Å²) >= 11 is 0. The van der Waals surface area contributed by atoms with Crippen molar-refractivity contribution >= 4 is 17.4 Å². The molecular weight excluding hydrogens is 391 g/mol. The van der Waals surface area contributed by atoms with E-state index in [1.807, 2.05) is 0 Å². The van der Waals surface area contributed by atoms with Gasteiger partial charge in [0.05, 0.1) is 12.0 Å². The van der Waals surface area contributed by atoms with Crippen molar-refractivity contribution in [2.75, 3.05) is 0 Å². The molecular formula is C19H16F3N3O4. The zero-order valence-electron chi connectivity index (χ0n) is 15.0. The lowest BCUT2D eigenvalue weighted by atomic mass is 10.0. The number of pyridine rings is 1. The largest absolute Gasteiger partial charge is 0.510 e. The van der Waals surface area contributed by atoms with Crippen molar-refractivity contribution < 1.29 is 28.2 Å². The fourth-order valence-corrected chi connectivity index (χ4v) is 2.95. The minimum atomic E-state index is -4.40. The predicted octanol–water partition coefficient (Wildman–Crippen LogP) is 2.14. The number of fused-ring (bicyclic) bond motifs is 1. The summed E-state index contributed by atoms with van der Waals surface area (Å²) in [5, 5.41) is 22.6. The van der Waals surface area contributed by atoms with Crippen LogP contribution < -0.4 is 10.8 Å². The Kier molecular flexibility index (Phi) is 5.53. The first kappa shape index (κ1) is 20.3. The summed E-state index contributed by atoms with van der Waals surface area (Å²) in [7, 11) is 0. The molecule has 2 aromatic heterocycles. The van der Waals surface area contributed by atoms with Gasteiger partial charge in [0.2, 0.25) is 5.43 Å². The number of halogens is 3. The van der Waals surface area contributed by atoms with Crippen LogP contribution in [0.15, 0.2) is 41.5 Å². The molecule has 0 fully saturated rings. The number of carbonyl (C=O) groups is 1. The number of hydrogen-bond acceptors (Lipinski definition) is 5. The zero-order chi connectivity index (χ0) is 21.2. The second kappa shape index (κ2) is 7.90. The Balaban J connectivity index is 1.89. The number of carboxylic acids is 1. The lowest BCUT2D eigenvalue weighted by molar-refractivity contribution is -0.138. The van der Waals surface area contributed by atoms with E-state index in [1.54, 1.807) is 0 Å². The first-order chi connectivity index (χ1) is 13.7. The number of aromatic nitrogens is 3. The number of benzene rings is 1. The van der Waals surface area contributed by atoms with Crippen LogP contribution in [0.25, 0.3) is 11.4 Å². The smallest absolute Gasteiger partial charge is 0.416 e. The Labute approximate surface area is 161 Å². The van der Waals surface area contributed by atoms with Gasteiger partial charge in [-0.1, -0.05) is 12.1 Å². The van der Waals surface area contributed by atoms with Gasteiger partial charge in [-0.3, -0.25) is 9.59 Å². The van der Waals surface area contributed by atoms with Crippen LogP contribution in [0.2, 0.25) is 0 Å². The summed E-state index contributed by atoms with van der Waals surface area (Å²) < 4.78 is 39.1. The van der Waals surface area contributed by atoms with E-state index in [4.69, 9.17) is 5.11 Å². The van der Waals surface area contributed by atoms with Crippen molar-refractivity contribution in [3.05, 3.63) is 68.9 Å². The predicted molar refractivity (Wildman–Crippen MR) is 96.2 cm³/mol. The van der Waals surface area contributed by atoms with Gasteiger partial charge in [0.1, 0.15) is 12.1 Å². The van der Waals surface area contributed by atoms with E-state index in [-0.39, 0.29) is 18.2 Å². The molecule has 152 valence electrons. The number of hydrogen-bond donors (Lipinski definition) is 2. The molecule has 0 saturated carbocycles. The van der Waals surface area contributed by atoms with Gasteiger partial charge in [-0.2, -0.15) is 18.3 Å². The first-order valence-electron chi connectivity index (χ1n) is 8.62. The van der Waals surface area contributed by atoms with Crippen molar-refractivity contribution in [3.63, 3.8) is 0 Å². The lowest BCUT2D eigenvalue weighted by Crippen LogP contribution is -2.35. The van der Waals surface area contributed by atoms with E-state index >= 15 is 0 Å². The Hall–Kier alpha value is -3.43. The SMILES string of the molecule is O=C(O)CCC(O)=c1c(=O)cc(CCc2ccc(C(F)(F)F)cc2)c2ncnn12. The summed E-state index contributed by atoms with van der Waals surface area (Å²) in [6.45, 7) is 0. The highest BCUT2D eigenvalue weighted by Crippen LogP contribution is 2.29. The van der Waals surface area contributed by atoms with Crippen LogP contribution >= 0.6 is 0 Å². The van der Waals surface area contributed by atoms with E-state index in [2.05, 4.69) is 10.1 Å². The van der Waals surface area contributed by atoms with Gasteiger partial charge in [-0.05, 0) is 36.6 Å². The molecule has 0 aliphatic carbocycles.